The number of nitrogens with one attached hydrogen (secondary N) is 1. The predicted molar refractivity (Wildman–Crippen MR) is 79.3 cm³/mol. The molecule has 3 rings (SSSR count). The normalized spacial score (nSPS) is 14.6. The molecular formula is C15H15BrN2O. The molecule has 1 aliphatic rings. The predicted octanol–water partition coefficient (Wildman–Crippen LogP) is 3.64. The maximum absolute atomic E-state index is 11.9. The van der Waals surface area contributed by atoms with Crippen molar-refractivity contribution in [1.82, 2.24) is 9.97 Å². The highest BCUT2D eigenvalue weighted by Crippen LogP contribution is 2.40. The molecule has 1 aromatic heterocycles. The van der Waals surface area contributed by atoms with Crippen LogP contribution in [0.4, 0.5) is 0 Å². The van der Waals surface area contributed by atoms with E-state index in [-0.39, 0.29) is 5.56 Å². The number of hydrogen-bond acceptors (Lipinski definition) is 2. The van der Waals surface area contributed by atoms with Crippen LogP contribution in [0, 0.1) is 0 Å². The van der Waals surface area contributed by atoms with E-state index in [0.717, 1.165) is 17.7 Å². The fourth-order valence-corrected chi connectivity index (χ4v) is 2.70. The van der Waals surface area contributed by atoms with Gasteiger partial charge in [-0.05, 0) is 52.7 Å². The van der Waals surface area contributed by atoms with Crippen LogP contribution in [0.5, 0.6) is 0 Å². The van der Waals surface area contributed by atoms with E-state index >= 15 is 0 Å². The van der Waals surface area contributed by atoms with Crippen LogP contribution in [-0.4, -0.2) is 9.97 Å². The van der Waals surface area contributed by atoms with Gasteiger partial charge in [0.05, 0.1) is 5.69 Å². The van der Waals surface area contributed by atoms with Crippen LogP contribution in [0.15, 0.2) is 33.5 Å². The Hall–Kier alpha value is -1.42. The SMILES string of the molecule is CCc1nc(-c2cccc(C3CC3)c2)[nH]c(=O)c1Br. The smallest absolute Gasteiger partial charge is 0.265 e. The van der Waals surface area contributed by atoms with Crippen molar-refractivity contribution < 1.29 is 0 Å². The van der Waals surface area contributed by atoms with E-state index in [1.165, 1.54) is 18.4 Å². The first-order chi connectivity index (χ1) is 9.19. The van der Waals surface area contributed by atoms with E-state index in [9.17, 15) is 4.79 Å². The van der Waals surface area contributed by atoms with Crippen molar-refractivity contribution >= 4 is 15.9 Å². The van der Waals surface area contributed by atoms with Gasteiger partial charge in [0, 0.05) is 5.56 Å². The average molecular weight is 319 g/mol. The molecule has 1 fully saturated rings. The van der Waals surface area contributed by atoms with Gasteiger partial charge in [-0.25, -0.2) is 4.98 Å². The van der Waals surface area contributed by atoms with E-state index in [1.807, 2.05) is 19.1 Å². The monoisotopic (exact) mass is 318 g/mol. The lowest BCUT2D eigenvalue weighted by molar-refractivity contribution is 0.969. The number of aryl methyl sites for hydroxylation is 1. The van der Waals surface area contributed by atoms with Crippen LogP contribution >= 0.6 is 15.9 Å². The van der Waals surface area contributed by atoms with Crippen LogP contribution in [0.2, 0.25) is 0 Å². The second kappa shape index (κ2) is 4.93. The van der Waals surface area contributed by atoms with Crippen molar-refractivity contribution in [3.8, 4) is 11.4 Å². The van der Waals surface area contributed by atoms with Crippen LogP contribution in [0.25, 0.3) is 11.4 Å². The summed E-state index contributed by atoms with van der Waals surface area (Å²) in [7, 11) is 0. The summed E-state index contributed by atoms with van der Waals surface area (Å²) in [5, 5.41) is 0. The van der Waals surface area contributed by atoms with Gasteiger partial charge in [0.1, 0.15) is 10.3 Å². The fraction of sp³-hybridized carbons (Fsp3) is 0.333. The maximum atomic E-state index is 11.9. The summed E-state index contributed by atoms with van der Waals surface area (Å²) in [5.74, 6) is 1.36. The highest BCUT2D eigenvalue weighted by molar-refractivity contribution is 9.10. The molecule has 1 saturated carbocycles. The van der Waals surface area contributed by atoms with Crippen LogP contribution in [0.1, 0.15) is 36.9 Å². The third-order valence-electron chi connectivity index (χ3n) is 3.48. The second-order valence-corrected chi connectivity index (χ2v) is 5.72. The van der Waals surface area contributed by atoms with Crippen molar-refractivity contribution in [2.24, 2.45) is 0 Å². The minimum absolute atomic E-state index is 0.112. The number of hydrogen-bond donors (Lipinski definition) is 1. The number of H-pyrrole nitrogens is 1. The van der Waals surface area contributed by atoms with E-state index in [2.05, 4.69) is 38.0 Å². The summed E-state index contributed by atoms with van der Waals surface area (Å²) in [4.78, 5) is 19.3. The molecular weight excluding hydrogens is 304 g/mol. The van der Waals surface area contributed by atoms with Crippen molar-refractivity contribution in [2.45, 2.75) is 32.1 Å². The zero-order valence-corrected chi connectivity index (χ0v) is 12.3. The maximum Gasteiger partial charge on any atom is 0.265 e. The van der Waals surface area contributed by atoms with Gasteiger partial charge in [-0.1, -0.05) is 25.1 Å². The first kappa shape index (κ1) is 12.6. The molecule has 1 aliphatic carbocycles. The molecule has 1 aromatic carbocycles. The van der Waals surface area contributed by atoms with Gasteiger partial charge in [0.15, 0.2) is 0 Å². The summed E-state index contributed by atoms with van der Waals surface area (Å²) in [6.07, 6.45) is 3.28. The highest BCUT2D eigenvalue weighted by atomic mass is 79.9. The zero-order chi connectivity index (χ0) is 13.4. The lowest BCUT2D eigenvalue weighted by Gasteiger charge is -2.06. The fourth-order valence-electron chi connectivity index (χ4n) is 2.23. The van der Waals surface area contributed by atoms with Gasteiger partial charge in [0.2, 0.25) is 0 Å². The Labute approximate surface area is 120 Å². The molecule has 0 atom stereocenters. The zero-order valence-electron chi connectivity index (χ0n) is 10.7. The number of benzene rings is 1. The summed E-state index contributed by atoms with van der Waals surface area (Å²) >= 11 is 3.29. The lowest BCUT2D eigenvalue weighted by atomic mass is 10.1. The van der Waals surface area contributed by atoms with Crippen molar-refractivity contribution in [3.63, 3.8) is 0 Å². The van der Waals surface area contributed by atoms with Crippen molar-refractivity contribution in [2.75, 3.05) is 0 Å². The molecule has 19 heavy (non-hydrogen) atoms. The molecule has 0 amide bonds. The lowest BCUT2D eigenvalue weighted by Crippen LogP contribution is -2.13. The Morgan fingerprint density at radius 3 is 2.89 bits per heavy atom. The highest BCUT2D eigenvalue weighted by Gasteiger charge is 2.23. The molecule has 98 valence electrons. The summed E-state index contributed by atoms with van der Waals surface area (Å²) in [6.45, 7) is 2.00. The summed E-state index contributed by atoms with van der Waals surface area (Å²) in [5.41, 5.74) is 3.03. The molecule has 0 radical (unpaired) electrons. The molecule has 2 aromatic rings. The molecule has 0 bridgehead atoms. The van der Waals surface area contributed by atoms with Crippen molar-refractivity contribution in [3.05, 3.63) is 50.3 Å². The molecule has 0 unspecified atom stereocenters. The topological polar surface area (TPSA) is 45.8 Å². The van der Waals surface area contributed by atoms with Gasteiger partial charge in [-0.2, -0.15) is 0 Å². The Morgan fingerprint density at radius 1 is 1.42 bits per heavy atom. The molecule has 1 heterocycles. The van der Waals surface area contributed by atoms with Crippen LogP contribution in [0.3, 0.4) is 0 Å². The number of aromatic amines is 1. The van der Waals surface area contributed by atoms with E-state index in [4.69, 9.17) is 0 Å². The minimum Gasteiger partial charge on any atom is -0.306 e. The number of nitrogens with zero attached hydrogens (tertiary/aromatic N) is 1. The van der Waals surface area contributed by atoms with E-state index in [1.54, 1.807) is 0 Å². The molecule has 0 aliphatic heterocycles. The second-order valence-electron chi connectivity index (χ2n) is 4.93. The first-order valence-corrected chi connectivity index (χ1v) is 7.37. The largest absolute Gasteiger partial charge is 0.306 e. The molecule has 4 heteroatoms. The summed E-state index contributed by atoms with van der Waals surface area (Å²) in [6, 6.07) is 8.33. The number of halogens is 1. The molecule has 0 spiro atoms. The van der Waals surface area contributed by atoms with Crippen LogP contribution in [-0.2, 0) is 6.42 Å². The first-order valence-electron chi connectivity index (χ1n) is 6.58. The Morgan fingerprint density at radius 2 is 2.21 bits per heavy atom. The Balaban J connectivity index is 2.08. The number of aromatic nitrogens is 2. The molecule has 1 N–H and O–H groups in total. The van der Waals surface area contributed by atoms with Crippen molar-refractivity contribution in [1.29, 1.82) is 0 Å². The molecule has 0 saturated heterocycles. The van der Waals surface area contributed by atoms with Gasteiger partial charge in [-0.3, -0.25) is 4.79 Å². The quantitative estimate of drug-likeness (QED) is 0.939. The third kappa shape index (κ3) is 2.50. The third-order valence-corrected chi connectivity index (χ3v) is 4.29. The Kier molecular flexibility index (Phi) is 3.27. The van der Waals surface area contributed by atoms with Gasteiger partial charge >= 0.3 is 0 Å². The number of rotatable bonds is 3. The van der Waals surface area contributed by atoms with E-state index < -0.39 is 0 Å². The average Bonchev–Trinajstić information content (AvgIpc) is 3.26. The van der Waals surface area contributed by atoms with E-state index in [0.29, 0.717) is 16.2 Å². The molecule has 3 nitrogen and oxygen atoms in total. The standard InChI is InChI=1S/C15H15BrN2O/c1-2-12-13(16)15(19)18-14(17-12)11-5-3-4-10(8-11)9-6-7-9/h3-5,8-9H,2,6-7H2,1H3,(H,17,18,19). The Bertz CT molecular complexity index is 674. The van der Waals surface area contributed by atoms with Gasteiger partial charge in [0.25, 0.3) is 5.56 Å². The minimum atomic E-state index is -0.112. The van der Waals surface area contributed by atoms with Crippen LogP contribution < -0.4 is 5.56 Å². The van der Waals surface area contributed by atoms with Gasteiger partial charge < -0.3 is 4.98 Å². The van der Waals surface area contributed by atoms with Gasteiger partial charge in [-0.15, -0.1) is 0 Å². The summed E-state index contributed by atoms with van der Waals surface area (Å²) < 4.78 is 0.539.